The Kier molecular flexibility index (Phi) is 3.28. The Hall–Kier alpha value is -1.04. The number of hydrogen-bond donors (Lipinski definition) is 0. The van der Waals surface area contributed by atoms with Crippen LogP contribution in [0.1, 0.15) is 6.92 Å². The van der Waals surface area contributed by atoms with Crippen molar-refractivity contribution in [3.05, 3.63) is 29.3 Å². The Bertz CT molecular complexity index is 552. The van der Waals surface area contributed by atoms with Crippen molar-refractivity contribution in [2.75, 3.05) is 12.4 Å². The normalized spacial score (nSPS) is 15.7. The lowest BCUT2D eigenvalue weighted by molar-refractivity contribution is 0.252. The van der Waals surface area contributed by atoms with Crippen LogP contribution in [0, 0.1) is 0 Å². The van der Waals surface area contributed by atoms with E-state index in [1.54, 1.807) is 11.8 Å². The maximum Gasteiger partial charge on any atom is 0.193 e. The molecule has 0 spiro atoms. The number of halogens is 1. The second-order valence-electron chi connectivity index (χ2n) is 4.14. The van der Waals surface area contributed by atoms with Crippen LogP contribution in [0.5, 0.6) is 0 Å². The lowest BCUT2D eigenvalue weighted by Crippen LogP contribution is -2.30. The minimum atomic E-state index is 0.738. The fourth-order valence-electron chi connectivity index (χ4n) is 1.92. The van der Waals surface area contributed by atoms with Crippen molar-refractivity contribution in [1.82, 2.24) is 19.7 Å². The van der Waals surface area contributed by atoms with Gasteiger partial charge < -0.3 is 0 Å². The van der Waals surface area contributed by atoms with E-state index in [9.17, 15) is 0 Å². The zero-order valence-electron chi connectivity index (χ0n) is 10.0. The summed E-state index contributed by atoms with van der Waals surface area (Å²) in [5, 5.41) is 10.3. The zero-order chi connectivity index (χ0) is 12.5. The highest BCUT2D eigenvalue weighted by Gasteiger charge is 2.21. The van der Waals surface area contributed by atoms with Crippen LogP contribution in [0.3, 0.4) is 0 Å². The third kappa shape index (κ3) is 2.13. The molecule has 1 aliphatic rings. The highest BCUT2D eigenvalue weighted by Crippen LogP contribution is 2.29. The first-order chi connectivity index (χ1) is 8.78. The van der Waals surface area contributed by atoms with Crippen LogP contribution in [0.25, 0.3) is 11.4 Å². The maximum atomic E-state index is 5.91. The van der Waals surface area contributed by atoms with Gasteiger partial charge in [0.15, 0.2) is 11.0 Å². The lowest BCUT2D eigenvalue weighted by atomic mass is 10.2. The van der Waals surface area contributed by atoms with Crippen LogP contribution in [0.4, 0.5) is 0 Å². The van der Waals surface area contributed by atoms with Gasteiger partial charge in [0, 0.05) is 10.6 Å². The van der Waals surface area contributed by atoms with Gasteiger partial charge in [-0.05, 0) is 30.8 Å². The van der Waals surface area contributed by atoms with Gasteiger partial charge in [0.2, 0.25) is 0 Å². The summed E-state index contributed by atoms with van der Waals surface area (Å²) in [4.78, 5) is 2.35. The molecule has 0 saturated carbocycles. The highest BCUT2D eigenvalue weighted by molar-refractivity contribution is 7.99. The van der Waals surface area contributed by atoms with Gasteiger partial charge in [0.25, 0.3) is 0 Å². The fourth-order valence-corrected chi connectivity index (χ4v) is 3.00. The molecule has 0 bridgehead atoms. The molecular formula is C12H13ClN4S. The topological polar surface area (TPSA) is 34.0 Å². The quantitative estimate of drug-likeness (QED) is 0.847. The van der Waals surface area contributed by atoms with Crippen LogP contribution in [-0.2, 0) is 6.67 Å². The summed E-state index contributed by atoms with van der Waals surface area (Å²) in [7, 11) is 0. The number of aromatic nitrogens is 3. The number of benzene rings is 1. The molecule has 2 heterocycles. The van der Waals surface area contributed by atoms with Crippen LogP contribution < -0.4 is 0 Å². The van der Waals surface area contributed by atoms with Crippen LogP contribution >= 0.6 is 23.4 Å². The molecule has 18 heavy (non-hydrogen) atoms. The molecule has 0 radical (unpaired) electrons. The Labute approximate surface area is 115 Å². The Morgan fingerprint density at radius 3 is 2.78 bits per heavy atom. The third-order valence-electron chi connectivity index (χ3n) is 2.98. The van der Waals surface area contributed by atoms with E-state index in [0.29, 0.717) is 0 Å². The zero-order valence-corrected chi connectivity index (χ0v) is 11.6. The Morgan fingerprint density at radius 2 is 2.06 bits per heavy atom. The van der Waals surface area contributed by atoms with Gasteiger partial charge >= 0.3 is 0 Å². The summed E-state index contributed by atoms with van der Waals surface area (Å²) in [6.45, 7) is 4.05. The van der Waals surface area contributed by atoms with Gasteiger partial charge in [0.05, 0.1) is 12.5 Å². The average Bonchev–Trinajstić information content (AvgIpc) is 2.82. The molecule has 0 amide bonds. The lowest BCUT2D eigenvalue weighted by Gasteiger charge is -2.26. The molecule has 94 valence electrons. The summed E-state index contributed by atoms with van der Waals surface area (Å²) in [6.07, 6.45) is 0. The van der Waals surface area contributed by atoms with Crippen molar-refractivity contribution in [1.29, 1.82) is 0 Å². The van der Waals surface area contributed by atoms with Crippen molar-refractivity contribution in [2.45, 2.75) is 18.7 Å². The molecular weight excluding hydrogens is 268 g/mol. The molecule has 0 aliphatic carbocycles. The number of rotatable bonds is 2. The number of nitrogens with zero attached hydrogens (tertiary/aromatic N) is 4. The maximum absolute atomic E-state index is 5.91. The highest BCUT2D eigenvalue weighted by atomic mass is 35.5. The summed E-state index contributed by atoms with van der Waals surface area (Å²) in [5.74, 6) is 1.89. The summed E-state index contributed by atoms with van der Waals surface area (Å²) >= 11 is 7.64. The first-order valence-corrected chi connectivity index (χ1v) is 7.18. The van der Waals surface area contributed by atoms with Crippen molar-refractivity contribution in [2.24, 2.45) is 0 Å². The van der Waals surface area contributed by atoms with Crippen LogP contribution in [-0.4, -0.2) is 32.1 Å². The van der Waals surface area contributed by atoms with Gasteiger partial charge in [-0.3, -0.25) is 9.47 Å². The molecule has 1 aromatic heterocycles. The Balaban J connectivity index is 1.99. The summed E-state index contributed by atoms with van der Waals surface area (Å²) in [5.41, 5.74) is 1.05. The first kappa shape index (κ1) is 12.0. The van der Waals surface area contributed by atoms with Gasteiger partial charge in [0.1, 0.15) is 0 Å². The molecule has 6 heteroatoms. The van der Waals surface area contributed by atoms with E-state index >= 15 is 0 Å². The molecule has 0 fully saturated rings. The average molecular weight is 281 g/mol. The first-order valence-electron chi connectivity index (χ1n) is 5.82. The van der Waals surface area contributed by atoms with Crippen LogP contribution in [0.15, 0.2) is 29.4 Å². The van der Waals surface area contributed by atoms with Gasteiger partial charge in [-0.25, -0.2) is 0 Å². The Morgan fingerprint density at radius 1 is 1.28 bits per heavy atom. The molecule has 0 unspecified atom stereocenters. The standard InChI is InChI=1S/C12H13ClN4S/c1-2-16-7-17-11(14-15-12(17)18-8-16)9-3-5-10(13)6-4-9/h3-6H,2,7-8H2,1H3. The minimum absolute atomic E-state index is 0.738. The molecule has 1 aliphatic heterocycles. The molecule has 1 aromatic carbocycles. The number of fused-ring (bicyclic) bond motifs is 1. The molecule has 0 saturated heterocycles. The molecule has 0 atom stereocenters. The van der Waals surface area contributed by atoms with Crippen molar-refractivity contribution in [3.8, 4) is 11.4 Å². The van der Waals surface area contributed by atoms with Crippen molar-refractivity contribution >= 4 is 23.4 Å². The SMILES string of the molecule is CCN1CSc2nnc(-c3ccc(Cl)cc3)n2C1. The second-order valence-corrected chi connectivity index (χ2v) is 5.49. The third-order valence-corrected chi connectivity index (χ3v) is 4.29. The summed E-state index contributed by atoms with van der Waals surface area (Å²) in [6, 6.07) is 7.72. The smallest absolute Gasteiger partial charge is 0.193 e. The molecule has 4 nitrogen and oxygen atoms in total. The number of hydrogen-bond acceptors (Lipinski definition) is 4. The monoisotopic (exact) mass is 280 g/mol. The van der Waals surface area contributed by atoms with Gasteiger partial charge in [-0.2, -0.15) is 0 Å². The predicted octanol–water partition coefficient (Wildman–Crippen LogP) is 2.94. The van der Waals surface area contributed by atoms with E-state index in [0.717, 1.165) is 40.7 Å². The second kappa shape index (κ2) is 4.91. The molecule has 2 aromatic rings. The van der Waals surface area contributed by atoms with E-state index in [4.69, 9.17) is 11.6 Å². The van der Waals surface area contributed by atoms with Gasteiger partial charge in [-0.15, -0.1) is 10.2 Å². The molecule has 0 N–H and O–H groups in total. The van der Waals surface area contributed by atoms with Crippen molar-refractivity contribution in [3.63, 3.8) is 0 Å². The van der Waals surface area contributed by atoms with Crippen LogP contribution in [0.2, 0.25) is 5.02 Å². The summed E-state index contributed by atoms with van der Waals surface area (Å²) < 4.78 is 2.15. The minimum Gasteiger partial charge on any atom is -0.288 e. The van der Waals surface area contributed by atoms with E-state index < -0.39 is 0 Å². The molecule has 3 rings (SSSR count). The van der Waals surface area contributed by atoms with E-state index in [1.807, 2.05) is 24.3 Å². The van der Waals surface area contributed by atoms with Crippen molar-refractivity contribution < 1.29 is 0 Å². The van der Waals surface area contributed by atoms with E-state index in [-0.39, 0.29) is 0 Å². The van der Waals surface area contributed by atoms with E-state index in [2.05, 4.69) is 26.6 Å². The predicted molar refractivity (Wildman–Crippen MR) is 73.6 cm³/mol. The fraction of sp³-hybridized carbons (Fsp3) is 0.333. The van der Waals surface area contributed by atoms with Gasteiger partial charge in [-0.1, -0.05) is 30.3 Å². The number of thioether (sulfide) groups is 1. The van der Waals surface area contributed by atoms with E-state index in [1.165, 1.54) is 0 Å². The largest absolute Gasteiger partial charge is 0.288 e.